The van der Waals surface area contributed by atoms with Crippen LogP contribution in [0.3, 0.4) is 0 Å². The van der Waals surface area contributed by atoms with Crippen molar-refractivity contribution in [1.29, 1.82) is 0 Å². The molecular formula is C20H25N3O2. The minimum atomic E-state index is -0.771. The Morgan fingerprint density at radius 2 is 1.68 bits per heavy atom. The van der Waals surface area contributed by atoms with Crippen LogP contribution in [0.25, 0.3) is 0 Å². The SMILES string of the molecule is Cc1ccc(C(N)C(=O)Nc2cccc(C(=O)NC(C)(C)C)c2)cc1. The summed E-state index contributed by atoms with van der Waals surface area (Å²) in [7, 11) is 0. The van der Waals surface area contributed by atoms with Gasteiger partial charge in [0.05, 0.1) is 0 Å². The van der Waals surface area contributed by atoms with E-state index < -0.39 is 6.04 Å². The van der Waals surface area contributed by atoms with Gasteiger partial charge in [-0.2, -0.15) is 0 Å². The number of nitrogens with two attached hydrogens (primary N) is 1. The monoisotopic (exact) mass is 339 g/mol. The molecule has 0 fully saturated rings. The van der Waals surface area contributed by atoms with E-state index in [2.05, 4.69) is 10.6 Å². The number of aryl methyl sites for hydroxylation is 1. The van der Waals surface area contributed by atoms with Crippen molar-refractivity contribution in [3.8, 4) is 0 Å². The number of rotatable bonds is 4. The molecule has 0 aromatic heterocycles. The Labute approximate surface area is 148 Å². The molecule has 0 saturated heterocycles. The molecule has 0 aliphatic carbocycles. The van der Waals surface area contributed by atoms with E-state index in [9.17, 15) is 9.59 Å². The molecule has 1 unspecified atom stereocenters. The van der Waals surface area contributed by atoms with Gasteiger partial charge in [-0.3, -0.25) is 9.59 Å². The number of hydrogen-bond donors (Lipinski definition) is 3. The molecule has 5 heteroatoms. The molecule has 2 amide bonds. The molecule has 132 valence electrons. The molecule has 2 rings (SSSR count). The standard InChI is InChI=1S/C20H25N3O2/c1-13-8-10-14(11-9-13)17(21)19(25)22-16-7-5-6-15(12-16)18(24)23-20(2,3)4/h5-12,17H,21H2,1-4H3,(H,22,25)(H,23,24). The average Bonchev–Trinajstić information content (AvgIpc) is 2.53. The van der Waals surface area contributed by atoms with Gasteiger partial charge in [-0.25, -0.2) is 0 Å². The second kappa shape index (κ2) is 7.49. The summed E-state index contributed by atoms with van der Waals surface area (Å²) >= 11 is 0. The van der Waals surface area contributed by atoms with Crippen LogP contribution in [0.1, 0.15) is 48.3 Å². The summed E-state index contributed by atoms with van der Waals surface area (Å²) < 4.78 is 0. The minimum absolute atomic E-state index is 0.188. The lowest BCUT2D eigenvalue weighted by molar-refractivity contribution is -0.117. The Balaban J connectivity index is 2.09. The lowest BCUT2D eigenvalue weighted by Crippen LogP contribution is -2.40. The second-order valence-electron chi connectivity index (χ2n) is 7.16. The average molecular weight is 339 g/mol. The first-order chi connectivity index (χ1) is 11.7. The van der Waals surface area contributed by atoms with Crippen molar-refractivity contribution >= 4 is 17.5 Å². The first-order valence-corrected chi connectivity index (χ1v) is 8.21. The molecule has 0 radical (unpaired) electrons. The van der Waals surface area contributed by atoms with Crippen molar-refractivity contribution in [3.05, 3.63) is 65.2 Å². The Bertz CT molecular complexity index is 761. The highest BCUT2D eigenvalue weighted by molar-refractivity contribution is 5.99. The summed E-state index contributed by atoms with van der Waals surface area (Å²) in [5.41, 5.74) is 8.56. The third kappa shape index (κ3) is 5.43. The van der Waals surface area contributed by atoms with E-state index in [1.165, 1.54) is 0 Å². The van der Waals surface area contributed by atoms with Gasteiger partial charge in [0.1, 0.15) is 6.04 Å². The van der Waals surface area contributed by atoms with Crippen LogP contribution in [-0.2, 0) is 4.79 Å². The summed E-state index contributed by atoms with van der Waals surface area (Å²) in [6.07, 6.45) is 0. The van der Waals surface area contributed by atoms with Gasteiger partial charge in [0.25, 0.3) is 5.91 Å². The van der Waals surface area contributed by atoms with Crippen molar-refractivity contribution in [2.75, 3.05) is 5.32 Å². The molecule has 0 spiro atoms. The van der Waals surface area contributed by atoms with Crippen LogP contribution in [0.5, 0.6) is 0 Å². The van der Waals surface area contributed by atoms with Crippen LogP contribution >= 0.6 is 0 Å². The lowest BCUT2D eigenvalue weighted by Gasteiger charge is -2.20. The zero-order chi connectivity index (χ0) is 18.6. The normalized spacial score (nSPS) is 12.4. The van der Waals surface area contributed by atoms with Crippen LogP contribution < -0.4 is 16.4 Å². The number of carbonyl (C=O) groups excluding carboxylic acids is 2. The topological polar surface area (TPSA) is 84.2 Å². The predicted molar refractivity (Wildman–Crippen MR) is 100 cm³/mol. The third-order valence-corrected chi connectivity index (χ3v) is 3.60. The lowest BCUT2D eigenvalue weighted by atomic mass is 10.0. The van der Waals surface area contributed by atoms with Crippen LogP contribution in [-0.4, -0.2) is 17.4 Å². The maximum atomic E-state index is 12.4. The van der Waals surface area contributed by atoms with E-state index in [4.69, 9.17) is 5.73 Å². The van der Waals surface area contributed by atoms with Gasteiger partial charge in [0.2, 0.25) is 5.91 Å². The number of amides is 2. The van der Waals surface area contributed by atoms with Crippen molar-refractivity contribution in [1.82, 2.24) is 5.32 Å². The first kappa shape index (κ1) is 18.7. The van der Waals surface area contributed by atoms with Crippen LogP contribution in [0.2, 0.25) is 0 Å². The molecule has 0 aliphatic heterocycles. The van der Waals surface area contributed by atoms with Crippen molar-refractivity contribution in [3.63, 3.8) is 0 Å². The van der Waals surface area contributed by atoms with Gasteiger partial charge in [-0.1, -0.05) is 35.9 Å². The van der Waals surface area contributed by atoms with E-state index in [-0.39, 0.29) is 17.4 Å². The summed E-state index contributed by atoms with van der Waals surface area (Å²) in [6.45, 7) is 7.72. The number of nitrogens with one attached hydrogen (secondary N) is 2. The molecule has 25 heavy (non-hydrogen) atoms. The second-order valence-corrected chi connectivity index (χ2v) is 7.16. The molecule has 0 bridgehead atoms. The molecule has 0 heterocycles. The van der Waals surface area contributed by atoms with Gasteiger partial charge in [-0.15, -0.1) is 0 Å². The van der Waals surface area contributed by atoms with Crippen molar-refractivity contribution in [2.45, 2.75) is 39.3 Å². The molecule has 1 atom stereocenters. The predicted octanol–water partition coefficient (Wildman–Crippen LogP) is 3.16. The largest absolute Gasteiger partial charge is 0.347 e. The Kier molecular flexibility index (Phi) is 5.59. The highest BCUT2D eigenvalue weighted by Crippen LogP contribution is 2.16. The molecule has 0 saturated carbocycles. The van der Waals surface area contributed by atoms with E-state index in [0.29, 0.717) is 11.3 Å². The third-order valence-electron chi connectivity index (χ3n) is 3.60. The van der Waals surface area contributed by atoms with Crippen LogP contribution in [0.15, 0.2) is 48.5 Å². The zero-order valence-electron chi connectivity index (χ0n) is 15.1. The molecule has 4 N–H and O–H groups in total. The highest BCUT2D eigenvalue weighted by Gasteiger charge is 2.18. The molecule has 2 aromatic carbocycles. The summed E-state index contributed by atoms with van der Waals surface area (Å²) in [5.74, 6) is -0.510. The maximum absolute atomic E-state index is 12.4. The Morgan fingerprint density at radius 1 is 1.04 bits per heavy atom. The van der Waals surface area contributed by atoms with Crippen molar-refractivity contribution in [2.24, 2.45) is 5.73 Å². The summed E-state index contributed by atoms with van der Waals surface area (Å²) in [4.78, 5) is 24.6. The number of anilines is 1. The van der Waals surface area contributed by atoms with Gasteiger partial charge in [0.15, 0.2) is 0 Å². The smallest absolute Gasteiger partial charge is 0.251 e. The van der Waals surface area contributed by atoms with Crippen molar-refractivity contribution < 1.29 is 9.59 Å². The van der Waals surface area contributed by atoms with Crippen LogP contribution in [0, 0.1) is 6.92 Å². The summed E-state index contributed by atoms with van der Waals surface area (Å²) in [6, 6.07) is 13.5. The number of carbonyl (C=O) groups is 2. The van der Waals surface area contributed by atoms with Gasteiger partial charge < -0.3 is 16.4 Å². The van der Waals surface area contributed by atoms with Crippen LogP contribution in [0.4, 0.5) is 5.69 Å². The van der Waals surface area contributed by atoms with E-state index in [1.807, 2.05) is 52.0 Å². The molecule has 0 aliphatic rings. The van der Waals surface area contributed by atoms with Gasteiger partial charge in [0, 0.05) is 16.8 Å². The molecule has 2 aromatic rings. The van der Waals surface area contributed by atoms with Gasteiger partial charge in [-0.05, 0) is 51.5 Å². The van der Waals surface area contributed by atoms with E-state index in [0.717, 1.165) is 11.1 Å². The fourth-order valence-electron chi connectivity index (χ4n) is 2.30. The van der Waals surface area contributed by atoms with Gasteiger partial charge >= 0.3 is 0 Å². The fraction of sp³-hybridized carbons (Fsp3) is 0.300. The number of benzene rings is 2. The maximum Gasteiger partial charge on any atom is 0.251 e. The number of hydrogen-bond acceptors (Lipinski definition) is 3. The summed E-state index contributed by atoms with van der Waals surface area (Å²) in [5, 5.41) is 5.66. The zero-order valence-corrected chi connectivity index (χ0v) is 15.1. The highest BCUT2D eigenvalue weighted by atomic mass is 16.2. The fourth-order valence-corrected chi connectivity index (χ4v) is 2.30. The Morgan fingerprint density at radius 3 is 2.28 bits per heavy atom. The quantitative estimate of drug-likeness (QED) is 0.800. The van der Waals surface area contributed by atoms with E-state index >= 15 is 0 Å². The first-order valence-electron chi connectivity index (χ1n) is 8.21. The minimum Gasteiger partial charge on any atom is -0.347 e. The molecular weight excluding hydrogens is 314 g/mol. The van der Waals surface area contributed by atoms with E-state index in [1.54, 1.807) is 24.3 Å². The molecule has 5 nitrogen and oxygen atoms in total. The Hall–Kier alpha value is -2.66.